The van der Waals surface area contributed by atoms with E-state index in [1.54, 1.807) is 6.92 Å². The fourth-order valence-electron chi connectivity index (χ4n) is 3.37. The van der Waals surface area contributed by atoms with Crippen LogP contribution in [0.4, 0.5) is 0 Å². The number of carbonyl (C=O) groups is 2. The van der Waals surface area contributed by atoms with Gasteiger partial charge in [0.05, 0.1) is 0 Å². The number of rotatable bonds is 6. The molecule has 3 rings (SSSR count). The third-order valence-corrected chi connectivity index (χ3v) is 5.27. The highest BCUT2D eigenvalue weighted by molar-refractivity contribution is 9.10. The van der Waals surface area contributed by atoms with E-state index >= 15 is 0 Å². The summed E-state index contributed by atoms with van der Waals surface area (Å²) in [6, 6.07) is 17.1. The number of ether oxygens (including phenoxy) is 1. The Hall–Kier alpha value is -2.27. The first-order chi connectivity index (χ1) is 12.5. The number of ketones is 1. The highest BCUT2D eigenvalue weighted by Gasteiger charge is 2.51. The van der Waals surface area contributed by atoms with E-state index in [1.165, 1.54) is 0 Å². The van der Waals surface area contributed by atoms with Crippen molar-refractivity contribution in [1.82, 2.24) is 0 Å². The lowest BCUT2D eigenvalue weighted by atomic mass is 9.75. The number of Topliss-reactive ketones (excluding diaryl/α,β-unsaturated/α-hetero) is 1. The Morgan fingerprint density at radius 1 is 1.15 bits per heavy atom. The predicted octanol–water partition coefficient (Wildman–Crippen LogP) is 4.66. The van der Waals surface area contributed by atoms with Crippen molar-refractivity contribution in [2.24, 2.45) is 4.99 Å². The van der Waals surface area contributed by atoms with Crippen LogP contribution >= 0.6 is 15.9 Å². The Kier molecular flexibility index (Phi) is 5.37. The van der Waals surface area contributed by atoms with Crippen LogP contribution in [0.15, 0.2) is 64.1 Å². The van der Waals surface area contributed by atoms with Gasteiger partial charge in [0.2, 0.25) is 5.90 Å². The van der Waals surface area contributed by atoms with E-state index in [2.05, 4.69) is 15.9 Å². The van der Waals surface area contributed by atoms with Crippen LogP contribution in [0, 0.1) is 0 Å². The number of cyclic esters (lactones) is 1. The maximum Gasteiger partial charge on any atom is 0.341 e. The molecule has 0 fully saturated rings. The molecule has 0 spiro atoms. The van der Waals surface area contributed by atoms with Gasteiger partial charge < -0.3 is 9.53 Å². The molecule has 26 heavy (non-hydrogen) atoms. The predicted molar refractivity (Wildman–Crippen MR) is 104 cm³/mol. The van der Waals surface area contributed by atoms with Crippen molar-refractivity contribution >= 4 is 33.6 Å². The van der Waals surface area contributed by atoms with E-state index < -0.39 is 11.5 Å². The number of aliphatic imine (C=N–C) groups is 1. The van der Waals surface area contributed by atoms with Crippen molar-refractivity contribution in [1.29, 1.82) is 0 Å². The maximum atomic E-state index is 12.9. The maximum absolute atomic E-state index is 12.9. The average molecular weight is 414 g/mol. The van der Waals surface area contributed by atoms with Crippen LogP contribution in [0.3, 0.4) is 0 Å². The Bertz CT molecular complexity index is 845. The lowest BCUT2D eigenvalue weighted by molar-refractivity contribution is -0.140. The molecule has 134 valence electrons. The number of esters is 1. The Labute approximate surface area is 161 Å². The summed E-state index contributed by atoms with van der Waals surface area (Å²) >= 11 is 3.40. The second kappa shape index (κ2) is 7.54. The first-order valence-electron chi connectivity index (χ1n) is 8.58. The van der Waals surface area contributed by atoms with Crippen molar-refractivity contribution in [3.8, 4) is 0 Å². The summed E-state index contributed by atoms with van der Waals surface area (Å²) < 4.78 is 6.50. The highest BCUT2D eigenvalue weighted by Crippen LogP contribution is 2.42. The van der Waals surface area contributed by atoms with Gasteiger partial charge in [0, 0.05) is 22.4 Å². The van der Waals surface area contributed by atoms with Crippen molar-refractivity contribution < 1.29 is 14.3 Å². The lowest BCUT2D eigenvalue weighted by Crippen LogP contribution is -2.40. The lowest BCUT2D eigenvalue weighted by Gasteiger charge is -2.30. The third kappa shape index (κ3) is 3.49. The van der Waals surface area contributed by atoms with Gasteiger partial charge in [0.15, 0.2) is 5.54 Å². The molecule has 1 aliphatic rings. The topological polar surface area (TPSA) is 55.7 Å². The summed E-state index contributed by atoms with van der Waals surface area (Å²) in [5.74, 6) is -0.416. The largest absolute Gasteiger partial charge is 0.405 e. The smallest absolute Gasteiger partial charge is 0.341 e. The third-order valence-electron chi connectivity index (χ3n) is 4.74. The number of benzene rings is 2. The fourth-order valence-corrected chi connectivity index (χ4v) is 3.63. The minimum absolute atomic E-state index is 0.0202. The van der Waals surface area contributed by atoms with Crippen LogP contribution in [-0.4, -0.2) is 23.2 Å². The summed E-state index contributed by atoms with van der Waals surface area (Å²) in [4.78, 5) is 29.6. The second-order valence-electron chi connectivity index (χ2n) is 6.46. The first kappa shape index (κ1) is 18.5. The molecule has 2 aromatic carbocycles. The van der Waals surface area contributed by atoms with Crippen LogP contribution in [-0.2, 0) is 14.3 Å². The molecule has 0 radical (unpaired) electrons. The molecule has 0 aliphatic carbocycles. The number of carbonyl (C=O) groups excluding carboxylic acids is 2. The summed E-state index contributed by atoms with van der Waals surface area (Å²) in [5.41, 5.74) is 0.573. The van der Waals surface area contributed by atoms with Crippen molar-refractivity contribution in [3.05, 3.63) is 70.2 Å². The van der Waals surface area contributed by atoms with Gasteiger partial charge in [-0.2, -0.15) is 0 Å². The molecule has 0 aromatic heterocycles. The molecule has 4 nitrogen and oxygen atoms in total. The second-order valence-corrected chi connectivity index (χ2v) is 7.38. The molecular weight excluding hydrogens is 394 g/mol. The molecule has 0 unspecified atom stereocenters. The zero-order valence-corrected chi connectivity index (χ0v) is 16.3. The SMILES string of the molecule is CC[C@]1([C@@H](CC(C)=O)c2ccccc2)N=C(c2ccc(Br)cc2)OC1=O. The Morgan fingerprint density at radius 2 is 1.81 bits per heavy atom. The molecule has 2 aromatic rings. The molecule has 1 aliphatic heterocycles. The van der Waals surface area contributed by atoms with Crippen LogP contribution in [0.2, 0.25) is 0 Å². The Morgan fingerprint density at radius 3 is 2.38 bits per heavy atom. The highest BCUT2D eigenvalue weighted by atomic mass is 79.9. The molecule has 5 heteroatoms. The van der Waals surface area contributed by atoms with Crippen LogP contribution in [0.5, 0.6) is 0 Å². The van der Waals surface area contributed by atoms with Crippen LogP contribution in [0.1, 0.15) is 43.7 Å². The van der Waals surface area contributed by atoms with Gasteiger partial charge >= 0.3 is 5.97 Å². The average Bonchev–Trinajstić information content (AvgIpc) is 2.98. The number of nitrogens with zero attached hydrogens (tertiary/aromatic N) is 1. The monoisotopic (exact) mass is 413 g/mol. The summed E-state index contributed by atoms with van der Waals surface area (Å²) in [6.45, 7) is 3.45. The number of hydrogen-bond donors (Lipinski definition) is 0. The minimum atomic E-state index is -1.09. The molecule has 1 heterocycles. The van der Waals surface area contributed by atoms with Crippen molar-refractivity contribution in [3.63, 3.8) is 0 Å². The van der Waals surface area contributed by atoms with Crippen molar-refractivity contribution in [2.45, 2.75) is 38.1 Å². The molecule has 0 saturated heterocycles. The van der Waals surface area contributed by atoms with Gasteiger partial charge in [-0.1, -0.05) is 53.2 Å². The Balaban J connectivity index is 2.08. The zero-order valence-electron chi connectivity index (χ0n) is 14.7. The summed E-state index contributed by atoms with van der Waals surface area (Å²) in [6.07, 6.45) is 0.697. The molecule has 0 amide bonds. The van der Waals surface area contributed by atoms with Gasteiger partial charge in [-0.3, -0.25) is 0 Å². The molecular formula is C21H20BrNO3. The van der Waals surface area contributed by atoms with Crippen molar-refractivity contribution in [2.75, 3.05) is 0 Å². The standard InChI is InChI=1S/C21H20BrNO3/c1-3-21(18(13-14(2)24)15-7-5-4-6-8-15)20(25)26-19(23-21)16-9-11-17(22)12-10-16/h4-12,18H,3,13H2,1-2H3/t18-,21+/m0/s1. The van der Waals surface area contributed by atoms with Gasteiger partial charge in [0.25, 0.3) is 0 Å². The minimum Gasteiger partial charge on any atom is -0.405 e. The van der Waals surface area contributed by atoms with E-state index in [0.29, 0.717) is 12.3 Å². The van der Waals surface area contributed by atoms with E-state index in [4.69, 9.17) is 9.73 Å². The molecule has 0 bridgehead atoms. The first-order valence-corrected chi connectivity index (χ1v) is 9.38. The molecule has 0 N–H and O–H groups in total. The van der Waals surface area contributed by atoms with Crippen LogP contribution in [0.25, 0.3) is 0 Å². The quantitative estimate of drug-likeness (QED) is 0.646. The van der Waals surface area contributed by atoms with Gasteiger partial charge in [-0.15, -0.1) is 0 Å². The number of halogens is 1. The van der Waals surface area contributed by atoms with Gasteiger partial charge in [-0.25, -0.2) is 9.79 Å². The van der Waals surface area contributed by atoms with E-state index in [0.717, 1.165) is 15.6 Å². The van der Waals surface area contributed by atoms with E-state index in [-0.39, 0.29) is 18.1 Å². The zero-order chi connectivity index (χ0) is 18.7. The molecule has 0 saturated carbocycles. The van der Waals surface area contributed by atoms with Gasteiger partial charge in [0.1, 0.15) is 5.78 Å². The molecule has 2 atom stereocenters. The van der Waals surface area contributed by atoms with Gasteiger partial charge in [-0.05, 0) is 43.2 Å². The normalized spacial score (nSPS) is 20.4. The van der Waals surface area contributed by atoms with E-state index in [9.17, 15) is 9.59 Å². The van der Waals surface area contributed by atoms with E-state index in [1.807, 2.05) is 61.5 Å². The summed E-state index contributed by atoms with van der Waals surface area (Å²) in [5, 5.41) is 0. The van der Waals surface area contributed by atoms with Crippen LogP contribution < -0.4 is 0 Å². The summed E-state index contributed by atoms with van der Waals surface area (Å²) in [7, 11) is 0. The number of hydrogen-bond acceptors (Lipinski definition) is 4. The fraction of sp³-hybridized carbons (Fsp3) is 0.286.